The number of nitrogens with one attached hydrogen (secondary N) is 1. The third kappa shape index (κ3) is 2.53. The molecule has 2 atom stereocenters. The number of imide groups is 1. The molecule has 4 aliphatic rings. The molecule has 1 heterocycles. The summed E-state index contributed by atoms with van der Waals surface area (Å²) in [6, 6.07) is 25.3. The third-order valence-corrected chi connectivity index (χ3v) is 6.90. The van der Waals surface area contributed by atoms with Crippen molar-refractivity contribution in [2.45, 2.75) is 11.8 Å². The lowest BCUT2D eigenvalue weighted by Crippen LogP contribution is -2.41. The van der Waals surface area contributed by atoms with Crippen molar-refractivity contribution in [3.63, 3.8) is 0 Å². The molecule has 5 nitrogen and oxygen atoms in total. The number of likely N-dealkylation sites (tertiary alicyclic amines) is 1. The highest BCUT2D eigenvalue weighted by atomic mass is 16.2. The summed E-state index contributed by atoms with van der Waals surface area (Å²) < 4.78 is 0. The van der Waals surface area contributed by atoms with Crippen molar-refractivity contribution >= 4 is 23.4 Å². The second kappa shape index (κ2) is 6.64. The van der Waals surface area contributed by atoms with E-state index in [1.165, 1.54) is 4.90 Å². The molecule has 3 aromatic rings. The predicted octanol–water partition coefficient (Wildman–Crippen LogP) is 3.52. The molecule has 152 valence electrons. The molecule has 0 unspecified atom stereocenters. The SMILES string of the molecule is O=C(CN1C(=O)[C@H]2C3c4ccccc4C(c4ccccc43)[C@@H]2C1=O)Nc1ccccc1. The van der Waals surface area contributed by atoms with Gasteiger partial charge in [-0.05, 0) is 34.4 Å². The van der Waals surface area contributed by atoms with Crippen molar-refractivity contribution in [3.8, 4) is 0 Å². The molecule has 1 N–H and O–H groups in total. The van der Waals surface area contributed by atoms with E-state index in [0.717, 1.165) is 22.3 Å². The van der Waals surface area contributed by atoms with Gasteiger partial charge in [-0.3, -0.25) is 19.3 Å². The maximum absolute atomic E-state index is 13.5. The number of hydrogen-bond donors (Lipinski definition) is 1. The lowest BCUT2D eigenvalue weighted by Gasteiger charge is -2.45. The van der Waals surface area contributed by atoms with Gasteiger partial charge in [-0.1, -0.05) is 66.7 Å². The molecule has 3 amide bonds. The number of hydrogen-bond acceptors (Lipinski definition) is 3. The summed E-state index contributed by atoms with van der Waals surface area (Å²) in [5.74, 6) is -2.05. The van der Waals surface area contributed by atoms with Gasteiger partial charge in [0.25, 0.3) is 0 Å². The first kappa shape index (κ1) is 18.1. The molecule has 7 rings (SSSR count). The second-order valence-corrected chi connectivity index (χ2v) is 8.44. The van der Waals surface area contributed by atoms with Crippen molar-refractivity contribution < 1.29 is 14.4 Å². The number of carbonyl (C=O) groups excluding carboxylic acids is 3. The molecule has 1 fully saturated rings. The Morgan fingerprint density at radius 1 is 0.677 bits per heavy atom. The lowest BCUT2D eigenvalue weighted by atomic mass is 9.55. The molecule has 31 heavy (non-hydrogen) atoms. The van der Waals surface area contributed by atoms with Crippen molar-refractivity contribution in [3.05, 3.63) is 101 Å². The zero-order chi connectivity index (χ0) is 21.1. The van der Waals surface area contributed by atoms with Crippen LogP contribution in [0.2, 0.25) is 0 Å². The van der Waals surface area contributed by atoms with Crippen LogP contribution in [0.15, 0.2) is 78.9 Å². The average molecular weight is 408 g/mol. The van der Waals surface area contributed by atoms with Gasteiger partial charge in [0.1, 0.15) is 6.54 Å². The first-order valence-corrected chi connectivity index (χ1v) is 10.5. The molecule has 3 aromatic carbocycles. The molecule has 0 saturated carbocycles. The number of amides is 3. The summed E-state index contributed by atoms with van der Waals surface area (Å²) in [6.45, 7) is -0.258. The van der Waals surface area contributed by atoms with Crippen LogP contribution >= 0.6 is 0 Å². The molecule has 2 bridgehead atoms. The van der Waals surface area contributed by atoms with Crippen LogP contribution in [-0.4, -0.2) is 29.2 Å². The van der Waals surface area contributed by atoms with Crippen LogP contribution in [0.4, 0.5) is 5.69 Å². The normalized spacial score (nSPS) is 25.1. The summed E-state index contributed by atoms with van der Waals surface area (Å²) in [5.41, 5.74) is 5.16. The zero-order valence-electron chi connectivity index (χ0n) is 16.7. The fourth-order valence-electron chi connectivity index (χ4n) is 5.76. The van der Waals surface area contributed by atoms with Crippen LogP contribution in [0.5, 0.6) is 0 Å². The fourth-order valence-corrected chi connectivity index (χ4v) is 5.76. The highest BCUT2D eigenvalue weighted by Gasteiger charge is 2.61. The van der Waals surface area contributed by atoms with Crippen LogP contribution in [-0.2, 0) is 14.4 Å². The van der Waals surface area contributed by atoms with Gasteiger partial charge < -0.3 is 5.32 Å². The van der Waals surface area contributed by atoms with Crippen LogP contribution in [0.3, 0.4) is 0 Å². The number of benzene rings is 3. The van der Waals surface area contributed by atoms with E-state index in [4.69, 9.17) is 0 Å². The Balaban J connectivity index is 1.37. The summed E-state index contributed by atoms with van der Waals surface area (Å²) >= 11 is 0. The van der Waals surface area contributed by atoms with Crippen molar-refractivity contribution in [2.24, 2.45) is 11.8 Å². The minimum atomic E-state index is -0.452. The largest absolute Gasteiger partial charge is 0.325 e. The van der Waals surface area contributed by atoms with E-state index in [-0.39, 0.29) is 36.1 Å². The average Bonchev–Trinajstić information content (AvgIpc) is 3.05. The van der Waals surface area contributed by atoms with Crippen molar-refractivity contribution in [2.75, 3.05) is 11.9 Å². The quantitative estimate of drug-likeness (QED) is 0.675. The Morgan fingerprint density at radius 2 is 1.10 bits per heavy atom. The maximum Gasteiger partial charge on any atom is 0.244 e. The van der Waals surface area contributed by atoms with Gasteiger partial charge in [-0.15, -0.1) is 0 Å². The molecule has 1 saturated heterocycles. The molecule has 5 heteroatoms. The van der Waals surface area contributed by atoms with E-state index in [9.17, 15) is 14.4 Å². The number of para-hydroxylation sites is 1. The van der Waals surface area contributed by atoms with Crippen molar-refractivity contribution in [1.82, 2.24) is 4.90 Å². The maximum atomic E-state index is 13.5. The van der Waals surface area contributed by atoms with Gasteiger partial charge in [0, 0.05) is 17.5 Å². The fraction of sp³-hybridized carbons (Fsp3) is 0.192. The van der Waals surface area contributed by atoms with Gasteiger partial charge in [0.15, 0.2) is 0 Å². The Labute approximate surface area is 179 Å². The Kier molecular flexibility index (Phi) is 3.87. The Morgan fingerprint density at radius 3 is 1.55 bits per heavy atom. The molecular formula is C26H20N2O3. The van der Waals surface area contributed by atoms with Gasteiger partial charge >= 0.3 is 0 Å². The van der Waals surface area contributed by atoms with Gasteiger partial charge in [-0.25, -0.2) is 0 Å². The molecule has 0 radical (unpaired) electrons. The number of anilines is 1. The standard InChI is InChI=1S/C26H20N2O3/c29-20(27-15-8-2-1-3-9-15)14-28-25(30)23-21-16-10-4-5-11-17(16)22(24(23)26(28)31)19-13-7-6-12-18(19)21/h1-13,21-24H,14H2,(H,27,29)/t21?,22?,23-,24-/m0/s1. The number of nitrogens with zero attached hydrogens (tertiary/aromatic N) is 1. The van der Waals surface area contributed by atoms with Gasteiger partial charge in [0.2, 0.25) is 17.7 Å². The van der Waals surface area contributed by atoms with E-state index in [1.807, 2.05) is 42.5 Å². The smallest absolute Gasteiger partial charge is 0.244 e. The highest BCUT2D eigenvalue weighted by Crippen LogP contribution is 2.60. The molecule has 0 aromatic heterocycles. The monoisotopic (exact) mass is 408 g/mol. The minimum Gasteiger partial charge on any atom is -0.325 e. The first-order chi connectivity index (χ1) is 15.1. The van der Waals surface area contributed by atoms with Crippen LogP contribution in [0, 0.1) is 11.8 Å². The summed E-state index contributed by atoms with van der Waals surface area (Å²) in [4.78, 5) is 40.7. The zero-order valence-corrected chi connectivity index (χ0v) is 16.7. The van der Waals surface area contributed by atoms with Crippen LogP contribution < -0.4 is 5.32 Å². The highest BCUT2D eigenvalue weighted by molar-refractivity contribution is 6.10. The number of carbonyl (C=O) groups is 3. The van der Waals surface area contributed by atoms with Gasteiger partial charge in [-0.2, -0.15) is 0 Å². The second-order valence-electron chi connectivity index (χ2n) is 8.44. The lowest BCUT2D eigenvalue weighted by molar-refractivity contribution is -0.142. The first-order valence-electron chi connectivity index (χ1n) is 10.5. The third-order valence-electron chi connectivity index (χ3n) is 6.90. The van der Waals surface area contributed by atoms with E-state index < -0.39 is 11.8 Å². The van der Waals surface area contributed by atoms with E-state index in [2.05, 4.69) is 29.6 Å². The van der Waals surface area contributed by atoms with E-state index >= 15 is 0 Å². The Bertz CT molecular complexity index is 1120. The molecular weight excluding hydrogens is 388 g/mol. The van der Waals surface area contributed by atoms with Gasteiger partial charge in [0.05, 0.1) is 11.8 Å². The van der Waals surface area contributed by atoms with E-state index in [0.29, 0.717) is 5.69 Å². The number of rotatable bonds is 3. The van der Waals surface area contributed by atoms with E-state index in [1.54, 1.807) is 12.1 Å². The molecule has 1 aliphatic heterocycles. The van der Waals surface area contributed by atoms with Crippen molar-refractivity contribution in [1.29, 1.82) is 0 Å². The summed E-state index contributed by atoms with van der Waals surface area (Å²) in [6.07, 6.45) is 0. The Hall–Kier alpha value is -3.73. The predicted molar refractivity (Wildman–Crippen MR) is 115 cm³/mol. The topological polar surface area (TPSA) is 66.5 Å². The molecule has 3 aliphatic carbocycles. The summed E-state index contributed by atoms with van der Waals surface area (Å²) in [5, 5.41) is 2.78. The minimum absolute atomic E-state index is 0.152. The molecule has 0 spiro atoms. The van der Waals surface area contributed by atoms with Crippen LogP contribution in [0.1, 0.15) is 34.1 Å². The summed E-state index contributed by atoms with van der Waals surface area (Å²) in [7, 11) is 0. The van der Waals surface area contributed by atoms with Crippen LogP contribution in [0.25, 0.3) is 0 Å².